The van der Waals surface area contributed by atoms with Crippen LogP contribution < -0.4 is 3.71 Å². The van der Waals surface area contributed by atoms with Gasteiger partial charge in [-0.2, -0.15) is 33.7 Å². The molecule has 0 aliphatic carbocycles. The highest BCUT2D eigenvalue weighted by Gasteiger charge is 2.40. The molecule has 0 atom stereocenters. The molecule has 11 heteroatoms. The molecule has 0 aliphatic rings. The van der Waals surface area contributed by atoms with Gasteiger partial charge in [0.1, 0.15) is 4.21 Å². The van der Waals surface area contributed by atoms with E-state index in [4.69, 9.17) is 0 Å². The zero-order chi connectivity index (χ0) is 23.2. The number of hydrogen-bond donors (Lipinski definition) is 0. The molecule has 3 rings (SSSR count). The summed E-state index contributed by atoms with van der Waals surface area (Å²) in [4.78, 5) is -0.268. The summed E-state index contributed by atoms with van der Waals surface area (Å²) in [6.07, 6.45) is -4.78. The lowest BCUT2D eigenvalue weighted by molar-refractivity contribution is -0.137. The van der Waals surface area contributed by atoms with Gasteiger partial charge in [-0.3, -0.25) is 0 Å². The number of thiophene rings is 1. The van der Waals surface area contributed by atoms with Gasteiger partial charge in [-0.25, -0.2) is 0 Å². The van der Waals surface area contributed by atoms with Crippen molar-refractivity contribution in [3.05, 3.63) is 76.2 Å². The van der Waals surface area contributed by atoms with Crippen LogP contribution in [0.2, 0.25) is 0 Å². The standard InChI is InChI=1S/C20H18F3NO4S3/c1-13-10-14(2)19(15(3)11-13)31(27,28)24(30(25,26)18-8-5-9-29-18)17-7-4-6-16(12-17)20(21,22)23/h4-12H,1-3H3. The van der Waals surface area contributed by atoms with Gasteiger partial charge in [0.05, 0.1) is 16.1 Å². The molecule has 0 spiro atoms. The van der Waals surface area contributed by atoms with E-state index in [1.165, 1.54) is 31.4 Å². The van der Waals surface area contributed by atoms with Crippen molar-refractivity contribution in [1.82, 2.24) is 0 Å². The molecule has 0 N–H and O–H groups in total. The van der Waals surface area contributed by atoms with Crippen molar-refractivity contribution in [2.24, 2.45) is 0 Å². The summed E-state index contributed by atoms with van der Waals surface area (Å²) in [5.74, 6) is 0. The molecule has 3 aromatic rings. The average Bonchev–Trinajstić information content (AvgIpc) is 3.15. The molecule has 0 saturated heterocycles. The van der Waals surface area contributed by atoms with Crippen molar-refractivity contribution in [3.8, 4) is 0 Å². The van der Waals surface area contributed by atoms with E-state index >= 15 is 0 Å². The predicted molar refractivity (Wildman–Crippen MR) is 113 cm³/mol. The van der Waals surface area contributed by atoms with Gasteiger partial charge in [0.25, 0.3) is 20.0 Å². The Hall–Kier alpha value is -2.37. The third-order valence-electron chi connectivity index (χ3n) is 4.43. The summed E-state index contributed by atoms with van der Waals surface area (Å²) in [5.41, 5.74) is -0.445. The third kappa shape index (κ3) is 4.35. The Morgan fingerprint density at radius 1 is 0.839 bits per heavy atom. The van der Waals surface area contributed by atoms with E-state index in [0.29, 0.717) is 6.07 Å². The maximum absolute atomic E-state index is 13.7. The summed E-state index contributed by atoms with van der Waals surface area (Å²) in [7, 11) is -9.52. The van der Waals surface area contributed by atoms with Gasteiger partial charge >= 0.3 is 6.18 Å². The topological polar surface area (TPSA) is 71.5 Å². The molecule has 0 amide bonds. The van der Waals surface area contributed by atoms with E-state index in [0.717, 1.165) is 35.1 Å². The van der Waals surface area contributed by atoms with Crippen LogP contribution in [0.25, 0.3) is 0 Å². The van der Waals surface area contributed by atoms with Crippen LogP contribution in [0.1, 0.15) is 22.3 Å². The molecule has 166 valence electrons. The fourth-order valence-corrected chi connectivity index (χ4v) is 8.61. The Morgan fingerprint density at radius 2 is 1.45 bits per heavy atom. The van der Waals surface area contributed by atoms with Crippen molar-refractivity contribution in [3.63, 3.8) is 0 Å². The second-order valence-electron chi connectivity index (χ2n) is 6.92. The monoisotopic (exact) mass is 489 g/mol. The third-order valence-corrected chi connectivity index (χ3v) is 10.3. The molecule has 1 heterocycles. The molecule has 31 heavy (non-hydrogen) atoms. The van der Waals surface area contributed by atoms with Gasteiger partial charge in [0, 0.05) is 0 Å². The van der Waals surface area contributed by atoms with Gasteiger partial charge in [0.2, 0.25) is 0 Å². The molecule has 0 radical (unpaired) electrons. The van der Waals surface area contributed by atoms with Gasteiger partial charge in [-0.05, 0) is 61.5 Å². The van der Waals surface area contributed by atoms with Crippen LogP contribution >= 0.6 is 11.3 Å². The minimum atomic E-state index is -4.79. The van der Waals surface area contributed by atoms with E-state index < -0.39 is 37.5 Å². The number of hydrogen-bond acceptors (Lipinski definition) is 5. The first-order valence-corrected chi connectivity index (χ1v) is 12.6. The molecule has 0 aliphatic heterocycles. The fraction of sp³-hybridized carbons (Fsp3) is 0.200. The van der Waals surface area contributed by atoms with Crippen molar-refractivity contribution < 1.29 is 30.0 Å². The fourth-order valence-electron chi connectivity index (χ4n) is 3.35. The van der Waals surface area contributed by atoms with Crippen LogP contribution in [0.5, 0.6) is 0 Å². The highest BCUT2D eigenvalue weighted by Crippen LogP contribution is 2.38. The van der Waals surface area contributed by atoms with E-state index in [1.54, 1.807) is 19.1 Å². The molecule has 0 saturated carbocycles. The van der Waals surface area contributed by atoms with Crippen LogP contribution in [-0.4, -0.2) is 16.8 Å². The SMILES string of the molecule is Cc1cc(C)c(S(=O)(=O)N(c2cccc(C(F)(F)F)c2)S(=O)(=O)c2cccs2)c(C)c1. The minimum Gasteiger partial charge on any atom is -0.200 e. The number of aryl methyl sites for hydroxylation is 3. The number of halogens is 3. The molecule has 0 bridgehead atoms. The number of sulfonamides is 2. The Kier molecular flexibility index (Phi) is 5.98. The molecule has 5 nitrogen and oxygen atoms in total. The number of alkyl halides is 3. The maximum atomic E-state index is 13.7. The van der Waals surface area contributed by atoms with E-state index in [1.807, 2.05) is 0 Å². The lowest BCUT2D eigenvalue weighted by Crippen LogP contribution is -2.37. The lowest BCUT2D eigenvalue weighted by atomic mass is 10.1. The zero-order valence-electron chi connectivity index (χ0n) is 16.6. The Balaban J connectivity index is 2.36. The molecule has 0 fully saturated rings. The van der Waals surface area contributed by atoms with Gasteiger partial charge < -0.3 is 0 Å². The van der Waals surface area contributed by atoms with Crippen molar-refractivity contribution in [1.29, 1.82) is 0 Å². The molecule has 1 aromatic heterocycles. The van der Waals surface area contributed by atoms with E-state index in [9.17, 15) is 30.0 Å². The van der Waals surface area contributed by atoms with Crippen LogP contribution in [0.15, 0.2) is 63.0 Å². The lowest BCUT2D eigenvalue weighted by Gasteiger charge is -2.26. The zero-order valence-corrected chi connectivity index (χ0v) is 19.1. The highest BCUT2D eigenvalue weighted by atomic mass is 32.3. The van der Waals surface area contributed by atoms with Gasteiger partial charge in [0.15, 0.2) is 0 Å². The van der Waals surface area contributed by atoms with Gasteiger partial charge in [-0.15, -0.1) is 11.3 Å². The van der Waals surface area contributed by atoms with Crippen LogP contribution in [0.3, 0.4) is 0 Å². The summed E-state index contributed by atoms with van der Waals surface area (Å²) < 4.78 is 93.6. The smallest absolute Gasteiger partial charge is 0.200 e. The molecular weight excluding hydrogens is 471 g/mol. The predicted octanol–water partition coefficient (Wildman–Crippen LogP) is 5.28. The Bertz CT molecular complexity index is 1310. The minimum absolute atomic E-state index is 0.0890. The van der Waals surface area contributed by atoms with Crippen molar-refractivity contribution >= 4 is 37.1 Å². The number of rotatable bonds is 5. The van der Waals surface area contributed by atoms with Gasteiger partial charge in [-0.1, -0.05) is 29.8 Å². The van der Waals surface area contributed by atoms with E-state index in [-0.39, 0.29) is 23.9 Å². The van der Waals surface area contributed by atoms with Crippen molar-refractivity contribution in [2.75, 3.05) is 3.71 Å². The summed E-state index contributed by atoms with van der Waals surface area (Å²) in [6, 6.07) is 9.01. The first kappa shape index (κ1) is 23.3. The summed E-state index contributed by atoms with van der Waals surface area (Å²) >= 11 is 0.768. The quantitative estimate of drug-likeness (QED) is 0.489. The Labute approximate surface area is 182 Å². The first-order valence-electron chi connectivity index (χ1n) is 8.85. The second-order valence-corrected chi connectivity index (χ2v) is 11.8. The van der Waals surface area contributed by atoms with Crippen molar-refractivity contribution in [2.45, 2.75) is 36.1 Å². The van der Waals surface area contributed by atoms with Crippen LogP contribution in [0.4, 0.5) is 18.9 Å². The summed E-state index contributed by atoms with van der Waals surface area (Å²) in [5, 5.41) is 1.44. The van der Waals surface area contributed by atoms with Crippen LogP contribution in [-0.2, 0) is 26.2 Å². The number of benzene rings is 2. The highest BCUT2D eigenvalue weighted by molar-refractivity contribution is 8.11. The van der Waals surface area contributed by atoms with E-state index in [2.05, 4.69) is 0 Å². The largest absolute Gasteiger partial charge is 0.416 e. The number of anilines is 1. The first-order chi connectivity index (χ1) is 14.3. The molecule has 2 aromatic carbocycles. The molecular formula is C20H18F3NO4S3. The maximum Gasteiger partial charge on any atom is 0.416 e. The summed E-state index contributed by atoms with van der Waals surface area (Å²) in [6.45, 7) is 4.77. The van der Waals surface area contributed by atoms with Crippen LogP contribution in [0, 0.1) is 20.8 Å². The average molecular weight is 490 g/mol. The Morgan fingerprint density at radius 3 is 1.97 bits per heavy atom. The second kappa shape index (κ2) is 7.95. The normalized spacial score (nSPS) is 12.7. The molecule has 0 unspecified atom stereocenters. The number of nitrogens with zero attached hydrogens (tertiary/aromatic N) is 1.